The molecule has 18 atom stereocenters. The summed E-state index contributed by atoms with van der Waals surface area (Å²) in [5, 5.41) is 135. The summed E-state index contributed by atoms with van der Waals surface area (Å²) in [4.78, 5) is 38.4. The van der Waals surface area contributed by atoms with E-state index < -0.39 is 155 Å². The number of rotatable bonds is 44. The minimum atomic E-state index is -3.08. The zero-order valence-electron chi connectivity index (χ0n) is 49.5. The van der Waals surface area contributed by atoms with Crippen LogP contribution in [0.15, 0.2) is 36.5 Å². The first-order valence-corrected chi connectivity index (χ1v) is 30.9. The zero-order chi connectivity index (χ0) is 61.2. The molecule has 0 saturated carbocycles. The van der Waals surface area contributed by atoms with E-state index >= 15 is 0 Å². The molecule has 0 aliphatic carbocycles. The Hall–Kier alpha value is -3.05. The lowest BCUT2D eigenvalue weighted by Gasteiger charge is -2.50. The molecule has 23 heteroatoms. The van der Waals surface area contributed by atoms with E-state index in [1.54, 1.807) is 6.08 Å². The van der Waals surface area contributed by atoms with Crippen molar-refractivity contribution in [1.29, 1.82) is 0 Å². The van der Waals surface area contributed by atoms with Crippen LogP contribution >= 0.6 is 0 Å². The van der Waals surface area contributed by atoms with E-state index in [2.05, 4.69) is 48.8 Å². The summed E-state index contributed by atoms with van der Waals surface area (Å²) in [5.74, 6) is -6.16. The predicted molar refractivity (Wildman–Crippen MR) is 306 cm³/mol. The average Bonchev–Trinajstić information content (AvgIpc) is 3.62. The lowest BCUT2D eigenvalue weighted by molar-refractivity contribution is -0.386. The number of carbonyl (C=O) groups is 3. The summed E-state index contributed by atoms with van der Waals surface area (Å²) in [5.41, 5.74) is 0. The van der Waals surface area contributed by atoms with Crippen LogP contribution in [-0.4, -0.2) is 215 Å². The molecule has 3 heterocycles. The fraction of sp³-hybridized carbons (Fsp3) is 0.850. The molecule has 0 spiro atoms. The minimum absolute atomic E-state index is 0.190. The van der Waals surface area contributed by atoms with Gasteiger partial charge in [-0.05, 0) is 51.4 Å². The standard InChI is InChI=1S/C60H106N2O21/c1-4-6-8-10-12-14-16-18-19-20-21-22-24-26-28-30-32-34-47(70)62-41(42(67)33-31-29-27-25-23-17-15-13-11-9-7-5-2)39-78-57-52(74)51(73)54(46(38-65)80-57)81-58-53(75)56(50(72)45(37-64)79-58)83-60(59(76)77)35-43(68)48(61-40(3)66)55(82-60)49(71)44(69)36-63/h12,14,18-19,31,33,41-46,48-58,63-65,67-69,71-75H,4-11,13,15-17,20-30,32,34-39H2,1-3H3,(H,61,66)(H,62,70)(H,76,77)/b14-12-,19-18-,33-31+. The van der Waals surface area contributed by atoms with Gasteiger partial charge < -0.3 is 100 Å². The first-order valence-electron chi connectivity index (χ1n) is 30.9. The summed E-state index contributed by atoms with van der Waals surface area (Å²) < 4.78 is 34.7. The van der Waals surface area contributed by atoms with Crippen molar-refractivity contribution in [2.45, 2.75) is 298 Å². The highest BCUT2D eigenvalue weighted by Crippen LogP contribution is 2.38. The molecular formula is C60H106N2O21. The molecule has 482 valence electrons. The molecule has 14 N–H and O–H groups in total. The maximum absolute atomic E-state index is 13.4. The number of amides is 2. The highest BCUT2D eigenvalue weighted by molar-refractivity contribution is 5.77. The van der Waals surface area contributed by atoms with Gasteiger partial charge in [-0.25, -0.2) is 4.79 Å². The fourth-order valence-corrected chi connectivity index (χ4v) is 10.6. The first kappa shape index (κ1) is 74.2. The number of carboxylic acid groups (broad SMARTS) is 1. The molecule has 3 fully saturated rings. The Kier molecular flexibility index (Phi) is 37.5. The lowest BCUT2D eigenvalue weighted by atomic mass is 9.88. The Morgan fingerprint density at radius 1 is 0.639 bits per heavy atom. The summed E-state index contributed by atoms with van der Waals surface area (Å²) >= 11 is 0. The molecule has 0 bridgehead atoms. The van der Waals surface area contributed by atoms with E-state index in [9.17, 15) is 75.7 Å². The number of allylic oxidation sites excluding steroid dienone is 5. The molecule has 3 rings (SSSR count). The topological polar surface area (TPSA) is 373 Å². The smallest absolute Gasteiger partial charge is 0.364 e. The molecule has 0 aromatic heterocycles. The average molecular weight is 1190 g/mol. The van der Waals surface area contributed by atoms with Crippen LogP contribution in [-0.2, 0) is 42.8 Å². The van der Waals surface area contributed by atoms with E-state index in [1.165, 1.54) is 64.2 Å². The number of ether oxygens (including phenoxy) is 6. The van der Waals surface area contributed by atoms with E-state index in [0.29, 0.717) is 12.8 Å². The van der Waals surface area contributed by atoms with Crippen molar-refractivity contribution >= 4 is 17.8 Å². The maximum atomic E-state index is 13.4. The van der Waals surface area contributed by atoms with Gasteiger partial charge in [0.1, 0.15) is 67.1 Å². The van der Waals surface area contributed by atoms with Crippen molar-refractivity contribution in [2.24, 2.45) is 0 Å². The third-order valence-corrected chi connectivity index (χ3v) is 15.6. The highest BCUT2D eigenvalue weighted by atomic mass is 16.8. The highest BCUT2D eigenvalue weighted by Gasteiger charge is 2.60. The van der Waals surface area contributed by atoms with Gasteiger partial charge >= 0.3 is 5.97 Å². The van der Waals surface area contributed by atoms with Gasteiger partial charge in [-0.15, -0.1) is 0 Å². The van der Waals surface area contributed by atoms with Crippen molar-refractivity contribution in [3.05, 3.63) is 36.5 Å². The minimum Gasteiger partial charge on any atom is -0.477 e. The molecular weight excluding hydrogens is 1080 g/mol. The number of unbranched alkanes of at least 4 members (excludes halogenated alkanes) is 20. The second-order valence-corrected chi connectivity index (χ2v) is 22.6. The Morgan fingerprint density at radius 2 is 1.17 bits per heavy atom. The molecule has 0 aromatic rings. The summed E-state index contributed by atoms with van der Waals surface area (Å²) in [6.07, 6.45) is 9.23. The van der Waals surface area contributed by atoms with Crippen LogP contribution in [0.25, 0.3) is 0 Å². The van der Waals surface area contributed by atoms with Gasteiger partial charge in [0.05, 0.1) is 50.7 Å². The van der Waals surface area contributed by atoms with Crippen LogP contribution in [0, 0.1) is 0 Å². The quantitative estimate of drug-likeness (QED) is 0.0308. The molecule has 18 unspecified atom stereocenters. The van der Waals surface area contributed by atoms with Crippen molar-refractivity contribution in [1.82, 2.24) is 10.6 Å². The Balaban J connectivity index is 1.66. The molecule has 23 nitrogen and oxygen atoms in total. The third kappa shape index (κ3) is 26.1. The van der Waals surface area contributed by atoms with Crippen molar-refractivity contribution in [3.63, 3.8) is 0 Å². The zero-order valence-corrected chi connectivity index (χ0v) is 49.5. The van der Waals surface area contributed by atoms with Crippen LogP contribution in [0.4, 0.5) is 0 Å². The monoisotopic (exact) mass is 1190 g/mol. The number of hydrogen-bond donors (Lipinski definition) is 14. The Labute approximate surface area is 491 Å². The Bertz CT molecular complexity index is 1850. The lowest BCUT2D eigenvalue weighted by Crippen LogP contribution is -2.70. The number of nitrogens with one attached hydrogen (secondary N) is 2. The van der Waals surface area contributed by atoms with Gasteiger partial charge in [-0.2, -0.15) is 0 Å². The fourth-order valence-electron chi connectivity index (χ4n) is 10.6. The van der Waals surface area contributed by atoms with E-state index in [-0.39, 0.29) is 12.3 Å². The van der Waals surface area contributed by atoms with E-state index in [1.807, 2.05) is 6.08 Å². The molecule has 2 amide bonds. The summed E-state index contributed by atoms with van der Waals surface area (Å²) in [6, 6.07) is -2.62. The van der Waals surface area contributed by atoms with E-state index in [0.717, 1.165) is 84.0 Å². The summed E-state index contributed by atoms with van der Waals surface area (Å²) in [7, 11) is 0. The molecule has 3 aliphatic heterocycles. The van der Waals surface area contributed by atoms with Crippen molar-refractivity contribution in [3.8, 4) is 0 Å². The van der Waals surface area contributed by atoms with Gasteiger partial charge in [0.15, 0.2) is 12.6 Å². The largest absolute Gasteiger partial charge is 0.477 e. The SMILES string of the molecule is CCCCC/C=C\C/C=C\CCCCCCCCCC(=O)NC(COC1OC(CO)C(OC2OC(CO)C(O)C(OC3(C(=O)O)CC(O)C(NC(C)=O)C(C(O)C(O)CO)O3)C2O)C(O)C1O)C(O)/C=C/CCCCCCCCCCCC. The Morgan fingerprint density at radius 3 is 1.72 bits per heavy atom. The second kappa shape index (κ2) is 41.9. The number of hydrogen-bond acceptors (Lipinski definition) is 20. The predicted octanol–water partition coefficient (Wildman–Crippen LogP) is 3.11. The number of carbonyl (C=O) groups excluding carboxylic acids is 2. The number of aliphatic hydroxyl groups is 11. The summed E-state index contributed by atoms with van der Waals surface area (Å²) in [6.45, 7) is 2.05. The first-order chi connectivity index (χ1) is 39.9. The van der Waals surface area contributed by atoms with Crippen LogP contribution in [0.3, 0.4) is 0 Å². The number of aliphatic hydroxyl groups excluding tert-OH is 11. The van der Waals surface area contributed by atoms with Crippen LogP contribution < -0.4 is 10.6 Å². The van der Waals surface area contributed by atoms with E-state index in [4.69, 9.17) is 28.4 Å². The van der Waals surface area contributed by atoms with Gasteiger partial charge in [-0.3, -0.25) is 9.59 Å². The third-order valence-electron chi connectivity index (χ3n) is 15.6. The van der Waals surface area contributed by atoms with Crippen LogP contribution in [0.5, 0.6) is 0 Å². The van der Waals surface area contributed by atoms with Crippen molar-refractivity contribution in [2.75, 3.05) is 26.4 Å². The van der Waals surface area contributed by atoms with Crippen LogP contribution in [0.1, 0.15) is 188 Å². The molecule has 3 saturated heterocycles. The second-order valence-electron chi connectivity index (χ2n) is 22.6. The van der Waals surface area contributed by atoms with Crippen LogP contribution in [0.2, 0.25) is 0 Å². The molecule has 83 heavy (non-hydrogen) atoms. The molecule has 0 radical (unpaired) electrons. The van der Waals surface area contributed by atoms with Gasteiger partial charge in [0.2, 0.25) is 11.8 Å². The normalized spacial score (nSPS) is 30.2. The molecule has 0 aromatic carbocycles. The number of carboxylic acids is 1. The van der Waals surface area contributed by atoms with Gasteiger partial charge in [0.25, 0.3) is 5.79 Å². The molecule has 3 aliphatic rings. The van der Waals surface area contributed by atoms with Gasteiger partial charge in [0, 0.05) is 19.8 Å². The number of aliphatic carboxylic acids is 1. The maximum Gasteiger partial charge on any atom is 0.364 e. The van der Waals surface area contributed by atoms with Crippen molar-refractivity contribution < 1.29 is 104 Å². The van der Waals surface area contributed by atoms with Gasteiger partial charge in [-0.1, -0.05) is 153 Å².